The van der Waals surface area contributed by atoms with Crippen LogP contribution < -0.4 is 0 Å². The van der Waals surface area contributed by atoms with Crippen LogP contribution in [-0.4, -0.2) is 80.4 Å². The highest BCUT2D eigenvalue weighted by Gasteiger charge is 2.38. The summed E-state index contributed by atoms with van der Waals surface area (Å²) in [6.45, 7) is 5.97. The Bertz CT molecular complexity index is 848. The minimum atomic E-state index is -3.70. The van der Waals surface area contributed by atoms with Gasteiger partial charge in [-0.15, -0.1) is 0 Å². The van der Waals surface area contributed by atoms with Crippen LogP contribution in [0, 0.1) is 5.41 Å². The molecule has 0 spiro atoms. The van der Waals surface area contributed by atoms with E-state index in [1.807, 2.05) is 0 Å². The van der Waals surface area contributed by atoms with Gasteiger partial charge < -0.3 is 14.5 Å². The van der Waals surface area contributed by atoms with Crippen molar-refractivity contribution in [1.29, 1.82) is 0 Å². The first kappa shape index (κ1) is 21.6. The summed E-state index contributed by atoms with van der Waals surface area (Å²) in [7, 11) is -2.29. The summed E-state index contributed by atoms with van der Waals surface area (Å²) in [4.78, 5) is 28.4. The molecule has 0 saturated carbocycles. The fourth-order valence-corrected chi connectivity index (χ4v) is 4.91. The van der Waals surface area contributed by atoms with E-state index in [9.17, 15) is 18.0 Å². The predicted molar refractivity (Wildman–Crippen MR) is 108 cm³/mol. The Kier molecular flexibility index (Phi) is 6.19. The molecule has 2 saturated heterocycles. The number of nitrogens with zero attached hydrogens (tertiary/aromatic N) is 3. The summed E-state index contributed by atoms with van der Waals surface area (Å²) in [5.74, 6) is -0.230. The molecule has 0 aromatic heterocycles. The molecule has 1 aromatic rings. The van der Waals surface area contributed by atoms with Crippen LogP contribution in [-0.2, 0) is 19.6 Å². The van der Waals surface area contributed by atoms with E-state index in [0.717, 1.165) is 4.31 Å². The Hall–Kier alpha value is -2.13. The van der Waals surface area contributed by atoms with Crippen LogP contribution in [0.1, 0.15) is 26.7 Å². The van der Waals surface area contributed by atoms with Gasteiger partial charge in [0, 0.05) is 38.1 Å². The maximum Gasteiger partial charge on any atom is 0.410 e. The zero-order valence-corrected chi connectivity index (χ0v) is 18.0. The van der Waals surface area contributed by atoms with Crippen molar-refractivity contribution < 1.29 is 22.7 Å². The average Bonchev–Trinajstić information content (AvgIpc) is 2.70. The summed E-state index contributed by atoms with van der Waals surface area (Å²) in [5.41, 5.74) is -0.0879. The van der Waals surface area contributed by atoms with Crippen LogP contribution in [0.4, 0.5) is 4.79 Å². The van der Waals surface area contributed by atoms with E-state index < -0.39 is 10.0 Å². The lowest BCUT2D eigenvalue weighted by Crippen LogP contribution is -2.55. The van der Waals surface area contributed by atoms with Crippen LogP contribution in [0.3, 0.4) is 0 Å². The fourth-order valence-electron chi connectivity index (χ4n) is 3.76. The quantitative estimate of drug-likeness (QED) is 0.720. The molecule has 29 heavy (non-hydrogen) atoms. The second-order valence-electron chi connectivity index (χ2n) is 8.53. The summed E-state index contributed by atoms with van der Waals surface area (Å²) in [6.07, 6.45) is 1.03. The first-order valence-corrected chi connectivity index (χ1v) is 11.3. The van der Waals surface area contributed by atoms with E-state index in [1.54, 1.807) is 28.0 Å². The third-order valence-corrected chi connectivity index (χ3v) is 7.30. The first-order chi connectivity index (χ1) is 13.6. The largest absolute Gasteiger partial charge is 0.449 e. The minimum absolute atomic E-state index is 0.0388. The van der Waals surface area contributed by atoms with Gasteiger partial charge >= 0.3 is 6.09 Å². The maximum absolute atomic E-state index is 12.7. The first-order valence-electron chi connectivity index (χ1n) is 9.83. The van der Waals surface area contributed by atoms with Gasteiger partial charge in [0.25, 0.3) is 0 Å². The zero-order valence-electron chi connectivity index (χ0n) is 17.2. The number of likely N-dealkylation sites (tertiary alicyclic amines) is 1. The van der Waals surface area contributed by atoms with Gasteiger partial charge in [-0.2, -0.15) is 4.31 Å². The van der Waals surface area contributed by atoms with Crippen LogP contribution in [0.5, 0.6) is 0 Å². The number of hydrogen-bond acceptors (Lipinski definition) is 5. The summed E-state index contributed by atoms with van der Waals surface area (Å²) < 4.78 is 31.6. The van der Waals surface area contributed by atoms with Crippen molar-refractivity contribution in [2.75, 3.05) is 39.8 Å². The number of hydrogen-bond donors (Lipinski definition) is 0. The van der Waals surface area contributed by atoms with Gasteiger partial charge in [0.1, 0.15) is 0 Å². The van der Waals surface area contributed by atoms with Gasteiger partial charge in [-0.25, -0.2) is 13.2 Å². The van der Waals surface area contributed by atoms with E-state index in [-0.39, 0.29) is 34.9 Å². The van der Waals surface area contributed by atoms with Crippen molar-refractivity contribution in [1.82, 2.24) is 14.1 Å². The molecular weight excluding hydrogens is 394 g/mol. The molecule has 0 bridgehead atoms. The molecule has 0 atom stereocenters. The predicted octanol–water partition coefficient (Wildman–Crippen LogP) is 1.78. The number of cyclic esters (lactones) is 1. The standard InChI is InChI=1S/C20H29N3O5S/c1-20(2)14-23(19(25)28-15-20)16-9-11-22(12-10-16)18(24)13-21(3)29(26,27)17-7-5-4-6-8-17/h4-8,16H,9-15H2,1-3H3. The van der Waals surface area contributed by atoms with Crippen LogP contribution >= 0.6 is 0 Å². The third kappa shape index (κ3) is 4.90. The van der Waals surface area contributed by atoms with Gasteiger partial charge in [0.2, 0.25) is 15.9 Å². The SMILES string of the molecule is CN(CC(=O)N1CCC(N2CC(C)(C)COC2=O)CC1)S(=O)(=O)c1ccccc1. The molecule has 1 aromatic carbocycles. The van der Waals surface area contributed by atoms with E-state index in [4.69, 9.17) is 4.74 Å². The van der Waals surface area contributed by atoms with Crippen molar-refractivity contribution in [3.63, 3.8) is 0 Å². The number of carbonyl (C=O) groups excluding carboxylic acids is 2. The van der Waals surface area contributed by atoms with E-state index in [2.05, 4.69) is 13.8 Å². The van der Waals surface area contributed by atoms with Crippen LogP contribution in [0.15, 0.2) is 35.2 Å². The Morgan fingerprint density at radius 2 is 1.83 bits per heavy atom. The molecule has 2 aliphatic rings. The summed E-state index contributed by atoms with van der Waals surface area (Å²) in [6, 6.07) is 8.12. The highest BCUT2D eigenvalue weighted by molar-refractivity contribution is 7.89. The summed E-state index contributed by atoms with van der Waals surface area (Å²) in [5, 5.41) is 0. The lowest BCUT2D eigenvalue weighted by Gasteiger charge is -2.44. The molecular formula is C20H29N3O5S. The number of sulfonamides is 1. The second-order valence-corrected chi connectivity index (χ2v) is 10.6. The van der Waals surface area contributed by atoms with E-state index >= 15 is 0 Å². The van der Waals surface area contributed by atoms with Crippen molar-refractivity contribution in [3.05, 3.63) is 30.3 Å². The second kappa shape index (κ2) is 8.31. The molecule has 0 unspecified atom stereocenters. The van der Waals surface area contributed by atoms with Crippen molar-refractivity contribution in [3.8, 4) is 0 Å². The number of likely N-dealkylation sites (N-methyl/N-ethyl adjacent to an activating group) is 1. The summed E-state index contributed by atoms with van der Waals surface area (Å²) >= 11 is 0. The molecule has 2 fully saturated rings. The fraction of sp³-hybridized carbons (Fsp3) is 0.600. The highest BCUT2D eigenvalue weighted by atomic mass is 32.2. The number of carbonyl (C=O) groups is 2. The topological polar surface area (TPSA) is 87.2 Å². The molecule has 9 heteroatoms. The van der Waals surface area contributed by atoms with Crippen molar-refractivity contribution in [2.24, 2.45) is 5.41 Å². The Labute approximate surface area is 172 Å². The molecule has 160 valence electrons. The highest BCUT2D eigenvalue weighted by Crippen LogP contribution is 2.28. The molecule has 2 aliphatic heterocycles. The average molecular weight is 424 g/mol. The number of piperidine rings is 1. The Balaban J connectivity index is 1.56. The van der Waals surface area contributed by atoms with Crippen molar-refractivity contribution >= 4 is 22.0 Å². The third-order valence-electron chi connectivity index (χ3n) is 5.49. The zero-order chi connectivity index (χ0) is 21.2. The number of ether oxygens (including phenoxy) is 1. The van der Waals surface area contributed by atoms with Gasteiger partial charge in [0.15, 0.2) is 0 Å². The molecule has 2 amide bonds. The minimum Gasteiger partial charge on any atom is -0.449 e. The normalized spacial score (nSPS) is 20.6. The number of amides is 2. The van der Waals surface area contributed by atoms with Gasteiger partial charge in [0.05, 0.1) is 18.0 Å². The lowest BCUT2D eigenvalue weighted by atomic mass is 9.91. The van der Waals surface area contributed by atoms with Gasteiger partial charge in [-0.05, 0) is 25.0 Å². The Morgan fingerprint density at radius 1 is 1.21 bits per heavy atom. The van der Waals surface area contributed by atoms with E-state index in [0.29, 0.717) is 39.1 Å². The molecule has 8 nitrogen and oxygen atoms in total. The molecule has 2 heterocycles. The van der Waals surface area contributed by atoms with Crippen molar-refractivity contribution in [2.45, 2.75) is 37.6 Å². The van der Waals surface area contributed by atoms with E-state index in [1.165, 1.54) is 19.2 Å². The van der Waals surface area contributed by atoms with Crippen LogP contribution in [0.2, 0.25) is 0 Å². The van der Waals surface area contributed by atoms with Crippen LogP contribution in [0.25, 0.3) is 0 Å². The number of benzene rings is 1. The monoisotopic (exact) mass is 423 g/mol. The lowest BCUT2D eigenvalue weighted by molar-refractivity contribution is -0.132. The molecule has 0 aliphatic carbocycles. The van der Waals surface area contributed by atoms with Gasteiger partial charge in [-0.1, -0.05) is 32.0 Å². The number of rotatable bonds is 5. The maximum atomic E-state index is 12.7. The molecule has 3 rings (SSSR count). The Morgan fingerprint density at radius 3 is 2.45 bits per heavy atom. The molecule has 0 N–H and O–H groups in total. The smallest absolute Gasteiger partial charge is 0.410 e. The molecule has 0 radical (unpaired) electrons. The van der Waals surface area contributed by atoms with Gasteiger partial charge in [-0.3, -0.25) is 4.79 Å².